The summed E-state index contributed by atoms with van der Waals surface area (Å²) in [5.74, 6) is 0.654. The highest BCUT2D eigenvalue weighted by Crippen LogP contribution is 2.13. The van der Waals surface area contributed by atoms with Crippen molar-refractivity contribution in [2.45, 2.75) is 39.0 Å². The Morgan fingerprint density at radius 2 is 2.10 bits per heavy atom. The third-order valence-electron chi connectivity index (χ3n) is 3.21. The molecule has 118 valence electrons. The summed E-state index contributed by atoms with van der Waals surface area (Å²) in [6.07, 6.45) is 0.310. The number of hydrogen-bond donors (Lipinski definition) is 1. The molecular weight excluding hydrogens is 270 g/mol. The zero-order chi connectivity index (χ0) is 15.7. The van der Waals surface area contributed by atoms with Crippen molar-refractivity contribution in [1.82, 2.24) is 5.32 Å². The van der Waals surface area contributed by atoms with Gasteiger partial charge in [-0.05, 0) is 31.0 Å². The van der Waals surface area contributed by atoms with E-state index in [0.29, 0.717) is 13.2 Å². The van der Waals surface area contributed by atoms with Crippen LogP contribution >= 0.6 is 0 Å². The molecule has 1 rings (SSSR count). The van der Waals surface area contributed by atoms with E-state index in [1.165, 1.54) is 0 Å². The van der Waals surface area contributed by atoms with Gasteiger partial charge >= 0.3 is 0 Å². The van der Waals surface area contributed by atoms with Gasteiger partial charge in [0.15, 0.2) is 0 Å². The van der Waals surface area contributed by atoms with Crippen molar-refractivity contribution in [3.63, 3.8) is 0 Å². The largest absolute Gasteiger partial charge is 0.497 e. The lowest BCUT2D eigenvalue weighted by atomic mass is 10.2. The van der Waals surface area contributed by atoms with E-state index in [1.807, 2.05) is 31.2 Å². The number of carbonyl (C=O) groups excluding carboxylic acids is 1. The highest BCUT2D eigenvalue weighted by molar-refractivity contribution is 5.80. The summed E-state index contributed by atoms with van der Waals surface area (Å²) in [7, 11) is 3.24. The fourth-order valence-electron chi connectivity index (χ4n) is 1.84. The normalized spacial score (nSPS) is 13.5. The van der Waals surface area contributed by atoms with Gasteiger partial charge in [-0.25, -0.2) is 0 Å². The molecule has 5 nitrogen and oxygen atoms in total. The second-order valence-electron chi connectivity index (χ2n) is 4.87. The number of benzene rings is 1. The van der Waals surface area contributed by atoms with E-state index in [1.54, 1.807) is 21.1 Å². The van der Waals surface area contributed by atoms with Crippen molar-refractivity contribution in [1.29, 1.82) is 0 Å². The predicted octanol–water partition coefficient (Wildman–Crippen LogP) is 2.14. The van der Waals surface area contributed by atoms with E-state index < -0.39 is 6.10 Å². The Balaban J connectivity index is 2.44. The first-order valence-electron chi connectivity index (χ1n) is 7.14. The number of ether oxygens (including phenoxy) is 3. The van der Waals surface area contributed by atoms with Crippen LogP contribution in [0.25, 0.3) is 0 Å². The van der Waals surface area contributed by atoms with Crippen LogP contribution in [0.3, 0.4) is 0 Å². The van der Waals surface area contributed by atoms with E-state index in [-0.39, 0.29) is 11.9 Å². The highest BCUT2D eigenvalue weighted by atomic mass is 16.5. The van der Waals surface area contributed by atoms with Crippen molar-refractivity contribution in [3.8, 4) is 5.75 Å². The van der Waals surface area contributed by atoms with Crippen LogP contribution < -0.4 is 10.1 Å². The Morgan fingerprint density at radius 1 is 1.33 bits per heavy atom. The van der Waals surface area contributed by atoms with Crippen LogP contribution in [-0.2, 0) is 20.9 Å². The Morgan fingerprint density at radius 3 is 2.71 bits per heavy atom. The first kappa shape index (κ1) is 17.5. The number of hydrogen-bond acceptors (Lipinski definition) is 4. The maximum atomic E-state index is 12.0. The van der Waals surface area contributed by atoms with Gasteiger partial charge in [0.05, 0.1) is 26.4 Å². The van der Waals surface area contributed by atoms with Gasteiger partial charge in [-0.1, -0.05) is 19.1 Å². The van der Waals surface area contributed by atoms with Gasteiger partial charge in [0.1, 0.15) is 11.9 Å². The maximum absolute atomic E-state index is 12.0. The summed E-state index contributed by atoms with van der Waals surface area (Å²) >= 11 is 0. The molecule has 0 spiro atoms. The highest BCUT2D eigenvalue weighted by Gasteiger charge is 2.17. The first-order valence-corrected chi connectivity index (χ1v) is 7.14. The topological polar surface area (TPSA) is 56.8 Å². The summed E-state index contributed by atoms with van der Waals surface area (Å²) in [5, 5.41) is 2.91. The molecule has 0 radical (unpaired) electrons. The van der Waals surface area contributed by atoms with Crippen molar-refractivity contribution in [2.24, 2.45) is 0 Å². The monoisotopic (exact) mass is 295 g/mol. The Kier molecular flexibility index (Phi) is 7.79. The van der Waals surface area contributed by atoms with E-state index in [0.717, 1.165) is 17.7 Å². The molecule has 21 heavy (non-hydrogen) atoms. The summed E-state index contributed by atoms with van der Waals surface area (Å²) in [6, 6.07) is 7.62. The molecule has 1 aromatic carbocycles. The van der Waals surface area contributed by atoms with E-state index >= 15 is 0 Å². The molecule has 0 saturated heterocycles. The molecular formula is C16H25NO4. The van der Waals surface area contributed by atoms with Crippen LogP contribution in [0, 0.1) is 0 Å². The smallest absolute Gasteiger partial charge is 0.249 e. The molecule has 0 heterocycles. The van der Waals surface area contributed by atoms with Gasteiger partial charge in [0, 0.05) is 7.11 Å². The van der Waals surface area contributed by atoms with E-state index in [4.69, 9.17) is 14.2 Å². The van der Waals surface area contributed by atoms with E-state index in [9.17, 15) is 4.79 Å². The van der Waals surface area contributed by atoms with Crippen molar-refractivity contribution >= 4 is 5.91 Å². The first-order chi connectivity index (χ1) is 10.1. The summed E-state index contributed by atoms with van der Waals surface area (Å²) in [5.41, 5.74) is 0.970. The van der Waals surface area contributed by atoms with Crippen LogP contribution in [0.4, 0.5) is 0 Å². The Labute approximate surface area is 126 Å². The van der Waals surface area contributed by atoms with Crippen LogP contribution in [0.1, 0.15) is 25.8 Å². The van der Waals surface area contributed by atoms with Crippen molar-refractivity contribution in [3.05, 3.63) is 29.8 Å². The number of carbonyl (C=O) groups is 1. The Hall–Kier alpha value is -1.59. The van der Waals surface area contributed by atoms with Crippen LogP contribution in [0.15, 0.2) is 24.3 Å². The van der Waals surface area contributed by atoms with Crippen molar-refractivity contribution < 1.29 is 19.0 Å². The van der Waals surface area contributed by atoms with Gasteiger partial charge in [-0.2, -0.15) is 0 Å². The molecule has 0 aliphatic heterocycles. The number of amides is 1. The molecule has 1 N–H and O–H groups in total. The zero-order valence-corrected chi connectivity index (χ0v) is 13.2. The summed E-state index contributed by atoms with van der Waals surface area (Å²) in [4.78, 5) is 12.0. The number of nitrogens with one attached hydrogen (secondary N) is 1. The minimum Gasteiger partial charge on any atom is -0.497 e. The third-order valence-corrected chi connectivity index (χ3v) is 3.21. The number of rotatable bonds is 9. The average molecular weight is 295 g/mol. The molecule has 0 aromatic heterocycles. The molecule has 0 aliphatic rings. The molecule has 0 fully saturated rings. The molecule has 5 heteroatoms. The van der Waals surface area contributed by atoms with Crippen LogP contribution in [-0.4, -0.2) is 38.9 Å². The van der Waals surface area contributed by atoms with Gasteiger partial charge in [0.2, 0.25) is 5.91 Å². The minimum atomic E-state index is -0.512. The standard InChI is InChI=1S/C16H25NO4/c1-5-14(11-19-3)17-16(18)12(2)21-10-13-7-6-8-15(9-13)20-4/h6-9,12,14H,5,10-11H2,1-4H3,(H,17,18). The second-order valence-corrected chi connectivity index (χ2v) is 4.87. The van der Waals surface area contributed by atoms with Crippen molar-refractivity contribution in [2.75, 3.05) is 20.8 Å². The summed E-state index contributed by atoms with van der Waals surface area (Å²) in [6.45, 7) is 4.62. The molecule has 2 unspecified atom stereocenters. The lowest BCUT2D eigenvalue weighted by Gasteiger charge is -2.19. The van der Waals surface area contributed by atoms with Crippen LogP contribution in [0.2, 0.25) is 0 Å². The lowest BCUT2D eigenvalue weighted by Crippen LogP contribution is -2.43. The van der Waals surface area contributed by atoms with Gasteiger partial charge in [-0.15, -0.1) is 0 Å². The van der Waals surface area contributed by atoms with E-state index in [2.05, 4.69) is 5.32 Å². The molecule has 0 saturated carbocycles. The van der Waals surface area contributed by atoms with Crippen LogP contribution in [0.5, 0.6) is 5.75 Å². The summed E-state index contributed by atoms with van der Waals surface area (Å²) < 4.78 is 15.8. The lowest BCUT2D eigenvalue weighted by molar-refractivity contribution is -0.133. The molecule has 1 aromatic rings. The van der Waals surface area contributed by atoms with Gasteiger partial charge in [-0.3, -0.25) is 4.79 Å². The van der Waals surface area contributed by atoms with Gasteiger partial charge < -0.3 is 19.5 Å². The maximum Gasteiger partial charge on any atom is 0.249 e. The van der Waals surface area contributed by atoms with Gasteiger partial charge in [0.25, 0.3) is 0 Å². The molecule has 0 bridgehead atoms. The molecule has 1 amide bonds. The SMILES string of the molecule is CCC(COC)NC(=O)C(C)OCc1cccc(OC)c1. The molecule has 0 aliphatic carbocycles. The third kappa shape index (κ3) is 6.14. The predicted molar refractivity (Wildman–Crippen MR) is 81.3 cm³/mol. The zero-order valence-electron chi connectivity index (χ0n) is 13.2. The second kappa shape index (κ2) is 9.37. The fraction of sp³-hybridized carbons (Fsp3) is 0.562. The average Bonchev–Trinajstić information content (AvgIpc) is 2.52. The quantitative estimate of drug-likeness (QED) is 0.758. The minimum absolute atomic E-state index is 0.0189. The fourth-order valence-corrected chi connectivity index (χ4v) is 1.84. The Bertz CT molecular complexity index is 436. The number of methoxy groups -OCH3 is 2. The molecule has 2 atom stereocenters.